The molecular formula is C22H27N3O2. The van der Waals surface area contributed by atoms with Gasteiger partial charge in [0.1, 0.15) is 6.07 Å². The predicted octanol–water partition coefficient (Wildman–Crippen LogP) is 2.91. The van der Waals surface area contributed by atoms with Crippen molar-refractivity contribution >= 4 is 5.69 Å². The zero-order valence-corrected chi connectivity index (χ0v) is 15.8. The van der Waals surface area contributed by atoms with Crippen molar-refractivity contribution in [3.8, 4) is 6.07 Å². The lowest BCUT2D eigenvalue weighted by Gasteiger charge is -2.21. The summed E-state index contributed by atoms with van der Waals surface area (Å²) >= 11 is 0. The quantitative estimate of drug-likeness (QED) is 0.555. The van der Waals surface area contributed by atoms with Crippen molar-refractivity contribution in [1.82, 2.24) is 0 Å². The zero-order chi connectivity index (χ0) is 19.2. The number of nitriles is 1. The number of nitrogens with zero attached hydrogens (tertiary/aromatic N) is 2. The summed E-state index contributed by atoms with van der Waals surface area (Å²) in [6.45, 7) is 4.16. The highest BCUT2D eigenvalue weighted by molar-refractivity contribution is 5.68. The van der Waals surface area contributed by atoms with Gasteiger partial charge in [0.05, 0.1) is 17.9 Å². The molecule has 1 aliphatic rings. The van der Waals surface area contributed by atoms with Gasteiger partial charge in [-0.25, -0.2) is 0 Å². The van der Waals surface area contributed by atoms with Crippen molar-refractivity contribution in [3.05, 3.63) is 64.7 Å². The molecule has 1 aliphatic heterocycles. The molecule has 0 bridgehead atoms. The molecule has 3 rings (SSSR count). The summed E-state index contributed by atoms with van der Waals surface area (Å²) in [5.74, 6) is 0. The Hall–Kier alpha value is -2.39. The number of rotatable bonds is 8. The van der Waals surface area contributed by atoms with E-state index in [1.807, 2.05) is 43.3 Å². The van der Waals surface area contributed by atoms with Crippen LogP contribution >= 0.6 is 0 Å². The first-order valence-corrected chi connectivity index (χ1v) is 9.49. The number of anilines is 1. The lowest BCUT2D eigenvalue weighted by atomic mass is 9.99. The van der Waals surface area contributed by atoms with Gasteiger partial charge in [-0.15, -0.1) is 0 Å². The van der Waals surface area contributed by atoms with Crippen LogP contribution < -0.4 is 10.6 Å². The zero-order valence-electron chi connectivity index (χ0n) is 15.8. The van der Waals surface area contributed by atoms with E-state index in [2.05, 4.69) is 17.0 Å². The Balaban J connectivity index is 1.57. The normalized spacial score (nSPS) is 15.3. The molecule has 0 saturated carbocycles. The second-order valence-electron chi connectivity index (χ2n) is 7.17. The average Bonchev–Trinajstić information content (AvgIpc) is 3.07. The third-order valence-electron chi connectivity index (χ3n) is 4.83. The van der Waals surface area contributed by atoms with Gasteiger partial charge in [0, 0.05) is 24.7 Å². The van der Waals surface area contributed by atoms with Crippen LogP contribution in [0.2, 0.25) is 0 Å². The van der Waals surface area contributed by atoms with E-state index in [0.717, 1.165) is 54.7 Å². The van der Waals surface area contributed by atoms with E-state index in [0.29, 0.717) is 6.61 Å². The van der Waals surface area contributed by atoms with E-state index in [4.69, 9.17) is 10.5 Å². The molecule has 2 aromatic carbocycles. The highest BCUT2D eigenvalue weighted by Crippen LogP contribution is 2.33. The van der Waals surface area contributed by atoms with Gasteiger partial charge in [0.15, 0.2) is 6.29 Å². The Morgan fingerprint density at radius 3 is 2.78 bits per heavy atom. The molecule has 2 atom stereocenters. The minimum atomic E-state index is -0.896. The first kappa shape index (κ1) is 19.4. The SMILES string of the molecule is C[C@@H](N)Cc1cc(C#N)c2c(c1)CCN2CCCOC(O)c1ccccc1. The van der Waals surface area contributed by atoms with Crippen LogP contribution in [0.3, 0.4) is 0 Å². The molecule has 3 N–H and O–H groups in total. The lowest BCUT2D eigenvalue weighted by Crippen LogP contribution is -2.24. The summed E-state index contributed by atoms with van der Waals surface area (Å²) in [7, 11) is 0. The van der Waals surface area contributed by atoms with Crippen LogP contribution in [-0.2, 0) is 17.6 Å². The van der Waals surface area contributed by atoms with Crippen molar-refractivity contribution in [2.75, 3.05) is 24.6 Å². The maximum Gasteiger partial charge on any atom is 0.181 e. The van der Waals surface area contributed by atoms with Gasteiger partial charge in [-0.05, 0) is 43.4 Å². The Labute approximate surface area is 161 Å². The predicted molar refractivity (Wildman–Crippen MR) is 106 cm³/mol. The van der Waals surface area contributed by atoms with Crippen molar-refractivity contribution in [2.45, 2.75) is 38.5 Å². The number of aliphatic hydroxyl groups excluding tert-OH is 1. The van der Waals surface area contributed by atoms with Gasteiger partial charge in [-0.2, -0.15) is 5.26 Å². The van der Waals surface area contributed by atoms with Crippen LogP contribution in [0.5, 0.6) is 0 Å². The molecule has 0 radical (unpaired) electrons. The summed E-state index contributed by atoms with van der Waals surface area (Å²) in [6.07, 6.45) is 1.63. The molecule has 5 heteroatoms. The van der Waals surface area contributed by atoms with E-state index >= 15 is 0 Å². The highest BCUT2D eigenvalue weighted by Gasteiger charge is 2.23. The van der Waals surface area contributed by atoms with Gasteiger partial charge in [0.2, 0.25) is 0 Å². The molecule has 1 heterocycles. The second-order valence-corrected chi connectivity index (χ2v) is 7.17. The fourth-order valence-corrected chi connectivity index (χ4v) is 3.65. The van der Waals surface area contributed by atoms with Crippen molar-refractivity contribution in [3.63, 3.8) is 0 Å². The number of ether oxygens (including phenoxy) is 1. The summed E-state index contributed by atoms with van der Waals surface area (Å²) in [5, 5.41) is 19.6. The van der Waals surface area contributed by atoms with E-state index in [1.54, 1.807) is 0 Å². The summed E-state index contributed by atoms with van der Waals surface area (Å²) in [4.78, 5) is 2.25. The summed E-state index contributed by atoms with van der Waals surface area (Å²) in [6, 6.07) is 16.0. The minimum absolute atomic E-state index is 0.0836. The number of fused-ring (bicyclic) bond motifs is 1. The average molecular weight is 365 g/mol. The molecule has 1 unspecified atom stereocenters. The Morgan fingerprint density at radius 2 is 2.07 bits per heavy atom. The lowest BCUT2D eigenvalue weighted by molar-refractivity contribution is -0.103. The molecular weight excluding hydrogens is 338 g/mol. The Kier molecular flexibility index (Phi) is 6.46. The topological polar surface area (TPSA) is 82.5 Å². The third-order valence-corrected chi connectivity index (χ3v) is 4.83. The first-order valence-electron chi connectivity index (χ1n) is 9.49. The second kappa shape index (κ2) is 9.01. The molecule has 0 fully saturated rings. The van der Waals surface area contributed by atoms with Crippen LogP contribution in [0, 0.1) is 11.3 Å². The molecule has 2 aromatic rings. The number of hydrogen-bond acceptors (Lipinski definition) is 5. The Bertz CT molecular complexity index is 799. The van der Waals surface area contributed by atoms with Crippen molar-refractivity contribution < 1.29 is 9.84 Å². The number of benzene rings is 2. The molecule has 0 spiro atoms. The first-order chi connectivity index (χ1) is 13.1. The van der Waals surface area contributed by atoms with Crippen molar-refractivity contribution in [1.29, 1.82) is 5.26 Å². The smallest absolute Gasteiger partial charge is 0.181 e. The van der Waals surface area contributed by atoms with Crippen molar-refractivity contribution in [2.24, 2.45) is 5.73 Å². The molecule has 0 aromatic heterocycles. The largest absolute Gasteiger partial charge is 0.370 e. The monoisotopic (exact) mass is 365 g/mol. The molecule has 0 saturated heterocycles. The molecule has 27 heavy (non-hydrogen) atoms. The van der Waals surface area contributed by atoms with Gasteiger partial charge in [-0.1, -0.05) is 36.4 Å². The maximum atomic E-state index is 10.1. The fourth-order valence-electron chi connectivity index (χ4n) is 3.65. The van der Waals surface area contributed by atoms with Gasteiger partial charge < -0.3 is 20.5 Å². The maximum absolute atomic E-state index is 10.1. The standard InChI is InChI=1S/C22H27N3O2/c1-16(24)12-17-13-19-8-10-25(21(19)20(14-17)15-23)9-5-11-27-22(26)18-6-3-2-4-7-18/h2-4,6-7,13-14,16,22,26H,5,8-12,24H2,1H3/t16-,22?/m1/s1. The van der Waals surface area contributed by atoms with E-state index in [9.17, 15) is 10.4 Å². The molecule has 5 nitrogen and oxygen atoms in total. The van der Waals surface area contributed by atoms with E-state index in [1.165, 1.54) is 5.56 Å². The van der Waals surface area contributed by atoms with Crippen LogP contribution in [-0.4, -0.2) is 30.8 Å². The molecule has 142 valence electrons. The summed E-state index contributed by atoms with van der Waals surface area (Å²) in [5.41, 5.74) is 10.8. The molecule has 0 amide bonds. The van der Waals surface area contributed by atoms with Crippen LogP contribution in [0.4, 0.5) is 5.69 Å². The summed E-state index contributed by atoms with van der Waals surface area (Å²) < 4.78 is 5.55. The van der Waals surface area contributed by atoms with Crippen LogP contribution in [0.15, 0.2) is 42.5 Å². The van der Waals surface area contributed by atoms with Crippen LogP contribution in [0.25, 0.3) is 0 Å². The third kappa shape index (κ3) is 4.86. The van der Waals surface area contributed by atoms with Gasteiger partial charge >= 0.3 is 0 Å². The van der Waals surface area contributed by atoms with E-state index < -0.39 is 6.29 Å². The fraction of sp³-hybridized carbons (Fsp3) is 0.409. The van der Waals surface area contributed by atoms with Gasteiger partial charge in [0.25, 0.3) is 0 Å². The Morgan fingerprint density at radius 1 is 1.30 bits per heavy atom. The number of nitrogens with two attached hydrogens (primary N) is 1. The van der Waals surface area contributed by atoms with Gasteiger partial charge in [-0.3, -0.25) is 0 Å². The molecule has 0 aliphatic carbocycles. The van der Waals surface area contributed by atoms with E-state index in [-0.39, 0.29) is 6.04 Å². The number of aliphatic hydroxyl groups is 1. The van der Waals surface area contributed by atoms with Crippen LogP contribution in [0.1, 0.15) is 41.9 Å². The highest BCUT2D eigenvalue weighted by atomic mass is 16.6. The minimum Gasteiger partial charge on any atom is -0.370 e. The number of hydrogen-bond donors (Lipinski definition) is 2.